The zero-order valence-corrected chi connectivity index (χ0v) is 14.4. The summed E-state index contributed by atoms with van der Waals surface area (Å²) in [6, 6.07) is 0. The second-order valence-corrected chi connectivity index (χ2v) is 6.98. The van der Waals surface area contributed by atoms with Crippen molar-refractivity contribution >= 4 is 5.91 Å². The van der Waals surface area contributed by atoms with Crippen molar-refractivity contribution in [3.63, 3.8) is 0 Å². The van der Waals surface area contributed by atoms with Gasteiger partial charge < -0.3 is 19.1 Å². The summed E-state index contributed by atoms with van der Waals surface area (Å²) in [4.78, 5) is 13.9. The van der Waals surface area contributed by atoms with Crippen molar-refractivity contribution in [1.82, 2.24) is 4.90 Å². The van der Waals surface area contributed by atoms with Crippen LogP contribution in [0.3, 0.4) is 0 Å². The van der Waals surface area contributed by atoms with Crippen LogP contribution in [0.1, 0.15) is 53.4 Å². The molecule has 0 spiro atoms. The van der Waals surface area contributed by atoms with Gasteiger partial charge >= 0.3 is 0 Å². The fourth-order valence-corrected chi connectivity index (χ4v) is 2.97. The predicted molar refractivity (Wildman–Crippen MR) is 84.8 cm³/mol. The molecule has 2 rings (SSSR count). The highest BCUT2D eigenvalue weighted by molar-refractivity contribution is 5.77. The van der Waals surface area contributed by atoms with Crippen molar-refractivity contribution in [2.45, 2.75) is 83.9 Å². The van der Waals surface area contributed by atoms with E-state index in [0.29, 0.717) is 24.4 Å². The van der Waals surface area contributed by atoms with Gasteiger partial charge in [-0.1, -0.05) is 0 Å². The van der Waals surface area contributed by atoms with Crippen LogP contribution in [0.15, 0.2) is 0 Å². The molecular weight excluding hydrogens is 282 g/mol. The fourth-order valence-electron chi connectivity index (χ4n) is 2.97. The molecule has 2 fully saturated rings. The Kier molecular flexibility index (Phi) is 6.66. The molecule has 1 saturated carbocycles. The summed E-state index contributed by atoms with van der Waals surface area (Å²) in [5, 5.41) is 0. The summed E-state index contributed by atoms with van der Waals surface area (Å²) >= 11 is 0. The van der Waals surface area contributed by atoms with E-state index in [1.54, 1.807) is 0 Å². The van der Waals surface area contributed by atoms with Gasteiger partial charge in [-0.3, -0.25) is 4.79 Å². The highest BCUT2D eigenvalue weighted by atomic mass is 16.5. The SMILES string of the molecule is CC(C)OCC(=O)N1CCC(O[C@H]2C[C@H](OC(C)C)C2)CC1. The van der Waals surface area contributed by atoms with Gasteiger partial charge in [0.15, 0.2) is 0 Å². The molecule has 1 amide bonds. The molecule has 5 nitrogen and oxygen atoms in total. The van der Waals surface area contributed by atoms with Crippen LogP contribution < -0.4 is 0 Å². The number of carbonyl (C=O) groups excluding carboxylic acids is 1. The van der Waals surface area contributed by atoms with E-state index in [2.05, 4.69) is 13.8 Å². The van der Waals surface area contributed by atoms with E-state index in [4.69, 9.17) is 14.2 Å². The molecule has 0 unspecified atom stereocenters. The first-order valence-electron chi connectivity index (χ1n) is 8.64. The fraction of sp³-hybridized carbons (Fsp3) is 0.941. The molecule has 5 heteroatoms. The van der Waals surface area contributed by atoms with Gasteiger partial charge in [0.05, 0.1) is 30.5 Å². The van der Waals surface area contributed by atoms with Gasteiger partial charge in [-0.05, 0) is 53.4 Å². The molecule has 0 aromatic rings. The number of amides is 1. The van der Waals surface area contributed by atoms with Gasteiger partial charge in [0.25, 0.3) is 0 Å². The summed E-state index contributed by atoms with van der Waals surface area (Å²) in [7, 11) is 0. The first kappa shape index (κ1) is 17.7. The molecule has 1 saturated heterocycles. The van der Waals surface area contributed by atoms with Crippen LogP contribution in [0.2, 0.25) is 0 Å². The van der Waals surface area contributed by atoms with Crippen molar-refractivity contribution in [3.8, 4) is 0 Å². The number of hydrogen-bond donors (Lipinski definition) is 0. The molecule has 0 N–H and O–H groups in total. The molecule has 1 aliphatic heterocycles. The van der Waals surface area contributed by atoms with Crippen LogP contribution in [0.5, 0.6) is 0 Å². The monoisotopic (exact) mass is 313 g/mol. The number of piperidine rings is 1. The minimum absolute atomic E-state index is 0.0983. The van der Waals surface area contributed by atoms with E-state index in [0.717, 1.165) is 38.8 Å². The van der Waals surface area contributed by atoms with E-state index >= 15 is 0 Å². The summed E-state index contributed by atoms with van der Waals surface area (Å²) in [5.41, 5.74) is 0. The van der Waals surface area contributed by atoms with E-state index < -0.39 is 0 Å². The number of rotatable bonds is 7. The Balaban J connectivity index is 1.59. The first-order chi connectivity index (χ1) is 10.4. The number of nitrogens with zero attached hydrogens (tertiary/aromatic N) is 1. The molecule has 0 bridgehead atoms. The van der Waals surface area contributed by atoms with Crippen molar-refractivity contribution in [2.24, 2.45) is 0 Å². The molecule has 2 aliphatic rings. The van der Waals surface area contributed by atoms with E-state index in [1.807, 2.05) is 18.7 Å². The highest BCUT2D eigenvalue weighted by Crippen LogP contribution is 2.30. The lowest BCUT2D eigenvalue weighted by molar-refractivity contribution is -0.153. The third kappa shape index (κ3) is 5.52. The Hall–Kier alpha value is -0.650. The third-order valence-corrected chi connectivity index (χ3v) is 4.24. The maximum absolute atomic E-state index is 12.0. The first-order valence-corrected chi connectivity index (χ1v) is 8.64. The average Bonchev–Trinajstić information content (AvgIpc) is 2.42. The average molecular weight is 313 g/mol. The van der Waals surface area contributed by atoms with Crippen LogP contribution in [0.4, 0.5) is 0 Å². The molecule has 0 aromatic heterocycles. The number of hydrogen-bond acceptors (Lipinski definition) is 4. The minimum Gasteiger partial charge on any atom is -0.375 e. The van der Waals surface area contributed by atoms with Crippen molar-refractivity contribution in [1.29, 1.82) is 0 Å². The Morgan fingerprint density at radius 3 is 2.18 bits per heavy atom. The molecule has 1 aliphatic carbocycles. The number of ether oxygens (including phenoxy) is 3. The van der Waals surface area contributed by atoms with Crippen molar-refractivity contribution in [2.75, 3.05) is 19.7 Å². The van der Waals surface area contributed by atoms with Crippen LogP contribution in [-0.4, -0.2) is 61.0 Å². The second kappa shape index (κ2) is 8.27. The molecular formula is C17H31NO4. The van der Waals surface area contributed by atoms with E-state index in [-0.39, 0.29) is 18.6 Å². The lowest BCUT2D eigenvalue weighted by atomic mass is 9.91. The summed E-state index contributed by atoms with van der Waals surface area (Å²) in [6.45, 7) is 9.80. The lowest BCUT2D eigenvalue weighted by Crippen LogP contribution is -2.46. The van der Waals surface area contributed by atoms with Gasteiger partial charge in [-0.2, -0.15) is 0 Å². The van der Waals surface area contributed by atoms with Gasteiger partial charge in [-0.15, -0.1) is 0 Å². The van der Waals surface area contributed by atoms with Crippen LogP contribution in [0.25, 0.3) is 0 Å². The number of likely N-dealkylation sites (tertiary alicyclic amines) is 1. The summed E-state index contributed by atoms with van der Waals surface area (Å²) < 4.78 is 17.3. The molecule has 0 aromatic carbocycles. The molecule has 128 valence electrons. The molecule has 1 heterocycles. The van der Waals surface area contributed by atoms with E-state index in [9.17, 15) is 4.79 Å². The standard InChI is InChI=1S/C17H31NO4/c1-12(2)20-11-17(19)18-7-5-14(6-8-18)22-16-9-15(10-16)21-13(3)4/h12-16H,5-11H2,1-4H3/t15-,16-. The summed E-state index contributed by atoms with van der Waals surface area (Å²) in [5.74, 6) is 0.0983. The third-order valence-electron chi connectivity index (χ3n) is 4.24. The van der Waals surface area contributed by atoms with Crippen LogP contribution >= 0.6 is 0 Å². The highest BCUT2D eigenvalue weighted by Gasteiger charge is 2.34. The van der Waals surface area contributed by atoms with Crippen LogP contribution in [0, 0.1) is 0 Å². The number of carbonyl (C=O) groups is 1. The normalized spacial score (nSPS) is 26.5. The lowest BCUT2D eigenvalue weighted by Gasteiger charge is -2.40. The maximum Gasteiger partial charge on any atom is 0.248 e. The Bertz CT molecular complexity index is 345. The van der Waals surface area contributed by atoms with Crippen molar-refractivity contribution < 1.29 is 19.0 Å². The largest absolute Gasteiger partial charge is 0.375 e. The quantitative estimate of drug-likeness (QED) is 0.724. The zero-order chi connectivity index (χ0) is 16.1. The molecule has 0 radical (unpaired) electrons. The molecule has 0 atom stereocenters. The van der Waals surface area contributed by atoms with E-state index in [1.165, 1.54) is 0 Å². The topological polar surface area (TPSA) is 48.0 Å². The van der Waals surface area contributed by atoms with Crippen LogP contribution in [-0.2, 0) is 19.0 Å². The van der Waals surface area contributed by atoms with Gasteiger partial charge in [0, 0.05) is 13.1 Å². The summed E-state index contributed by atoms with van der Waals surface area (Å²) in [6.07, 6.45) is 5.30. The zero-order valence-electron chi connectivity index (χ0n) is 14.4. The Morgan fingerprint density at radius 2 is 1.64 bits per heavy atom. The smallest absolute Gasteiger partial charge is 0.248 e. The second-order valence-electron chi connectivity index (χ2n) is 6.98. The van der Waals surface area contributed by atoms with Gasteiger partial charge in [0.2, 0.25) is 5.91 Å². The van der Waals surface area contributed by atoms with Gasteiger partial charge in [-0.25, -0.2) is 0 Å². The minimum atomic E-state index is 0.0983. The predicted octanol–water partition coefficient (Wildman–Crippen LogP) is 2.38. The Morgan fingerprint density at radius 1 is 1.00 bits per heavy atom. The maximum atomic E-state index is 12.0. The Labute approximate surface area is 134 Å². The van der Waals surface area contributed by atoms with Crippen molar-refractivity contribution in [3.05, 3.63) is 0 Å². The van der Waals surface area contributed by atoms with Gasteiger partial charge in [0.1, 0.15) is 6.61 Å². The molecule has 22 heavy (non-hydrogen) atoms.